The van der Waals surface area contributed by atoms with Gasteiger partial charge in [0.1, 0.15) is 0 Å². The Bertz CT molecular complexity index is 323. The maximum Gasteiger partial charge on any atom is 0.0594 e. The molecule has 0 bridgehead atoms. The zero-order valence-electron chi connectivity index (χ0n) is 8.95. The molecule has 0 aromatic heterocycles. The molecule has 1 atom stereocenters. The van der Waals surface area contributed by atoms with Crippen molar-refractivity contribution in [2.24, 2.45) is 0 Å². The van der Waals surface area contributed by atoms with Gasteiger partial charge in [-0.3, -0.25) is 4.90 Å². The van der Waals surface area contributed by atoms with E-state index in [4.69, 9.17) is 4.74 Å². The van der Waals surface area contributed by atoms with Gasteiger partial charge < -0.3 is 4.74 Å². The predicted octanol–water partition coefficient (Wildman–Crippen LogP) is 2.84. The number of benzene rings is 1. The zero-order chi connectivity index (χ0) is 10.7. The lowest BCUT2D eigenvalue weighted by Crippen LogP contribution is -2.37. The van der Waals surface area contributed by atoms with Crippen LogP contribution < -0.4 is 0 Å². The third-order valence-electron chi connectivity index (χ3n) is 2.92. The Morgan fingerprint density at radius 2 is 2.07 bits per heavy atom. The minimum atomic E-state index is 0.478. The first-order valence-corrected chi connectivity index (χ1v) is 6.14. The second-order valence-electron chi connectivity index (χ2n) is 3.88. The molecule has 3 heteroatoms. The molecule has 0 N–H and O–H groups in total. The fourth-order valence-electron chi connectivity index (χ4n) is 1.94. The van der Waals surface area contributed by atoms with Gasteiger partial charge in [-0.25, -0.2) is 0 Å². The summed E-state index contributed by atoms with van der Waals surface area (Å²) in [7, 11) is 0. The average molecular weight is 270 g/mol. The Morgan fingerprint density at radius 3 is 2.73 bits per heavy atom. The molecule has 82 valence electrons. The van der Waals surface area contributed by atoms with E-state index in [0.717, 1.165) is 30.8 Å². The van der Waals surface area contributed by atoms with Crippen molar-refractivity contribution in [2.75, 3.05) is 26.3 Å². The predicted molar refractivity (Wildman–Crippen MR) is 64.9 cm³/mol. The fourth-order valence-corrected chi connectivity index (χ4v) is 2.36. The molecular formula is C12H16BrNO. The molecule has 1 aliphatic rings. The summed E-state index contributed by atoms with van der Waals surface area (Å²) in [5.41, 5.74) is 1.37. The summed E-state index contributed by atoms with van der Waals surface area (Å²) in [5, 5.41) is 0. The van der Waals surface area contributed by atoms with E-state index < -0.39 is 0 Å². The molecule has 1 heterocycles. The van der Waals surface area contributed by atoms with E-state index in [1.807, 2.05) is 0 Å². The SMILES string of the molecule is C[C@@H](c1cccc(Br)c1)N1CCOCC1. The molecule has 0 spiro atoms. The highest BCUT2D eigenvalue weighted by molar-refractivity contribution is 9.10. The van der Waals surface area contributed by atoms with Crippen LogP contribution in [0.4, 0.5) is 0 Å². The van der Waals surface area contributed by atoms with Gasteiger partial charge in [-0.2, -0.15) is 0 Å². The van der Waals surface area contributed by atoms with Crippen LogP contribution in [-0.4, -0.2) is 31.2 Å². The van der Waals surface area contributed by atoms with Gasteiger partial charge in [0.15, 0.2) is 0 Å². The highest BCUT2D eigenvalue weighted by Gasteiger charge is 2.18. The molecule has 0 radical (unpaired) electrons. The lowest BCUT2D eigenvalue weighted by Gasteiger charge is -2.32. The highest BCUT2D eigenvalue weighted by atomic mass is 79.9. The van der Waals surface area contributed by atoms with Gasteiger partial charge in [-0.15, -0.1) is 0 Å². The Morgan fingerprint density at radius 1 is 1.33 bits per heavy atom. The molecular weight excluding hydrogens is 254 g/mol. The number of hydrogen-bond donors (Lipinski definition) is 0. The molecule has 0 saturated carbocycles. The summed E-state index contributed by atoms with van der Waals surface area (Å²) in [6.45, 7) is 6.05. The van der Waals surface area contributed by atoms with Crippen molar-refractivity contribution in [3.05, 3.63) is 34.3 Å². The first kappa shape index (κ1) is 11.1. The molecule has 0 unspecified atom stereocenters. The van der Waals surface area contributed by atoms with Gasteiger partial charge in [0.25, 0.3) is 0 Å². The number of hydrogen-bond acceptors (Lipinski definition) is 2. The molecule has 1 aromatic rings. The van der Waals surface area contributed by atoms with Crippen molar-refractivity contribution in [2.45, 2.75) is 13.0 Å². The van der Waals surface area contributed by atoms with Crippen molar-refractivity contribution in [1.29, 1.82) is 0 Å². The summed E-state index contributed by atoms with van der Waals surface area (Å²) in [5.74, 6) is 0. The monoisotopic (exact) mass is 269 g/mol. The van der Waals surface area contributed by atoms with Crippen LogP contribution >= 0.6 is 15.9 Å². The summed E-state index contributed by atoms with van der Waals surface area (Å²) in [4.78, 5) is 2.46. The van der Waals surface area contributed by atoms with Crippen molar-refractivity contribution in [1.82, 2.24) is 4.90 Å². The Hall–Kier alpha value is -0.380. The number of morpholine rings is 1. The first-order chi connectivity index (χ1) is 7.27. The van der Waals surface area contributed by atoms with Crippen LogP contribution in [-0.2, 0) is 4.74 Å². The Labute approximate surface area is 99.4 Å². The van der Waals surface area contributed by atoms with Crippen LogP contribution in [0.1, 0.15) is 18.5 Å². The quantitative estimate of drug-likeness (QED) is 0.819. The lowest BCUT2D eigenvalue weighted by molar-refractivity contribution is 0.0198. The standard InChI is InChI=1S/C12H16BrNO/c1-10(14-5-7-15-8-6-14)11-3-2-4-12(13)9-11/h2-4,9-10H,5-8H2,1H3/t10-/m0/s1. The molecule has 1 saturated heterocycles. The maximum atomic E-state index is 5.36. The number of halogens is 1. The average Bonchev–Trinajstić information content (AvgIpc) is 2.29. The van der Waals surface area contributed by atoms with Gasteiger partial charge in [0.05, 0.1) is 13.2 Å². The zero-order valence-corrected chi connectivity index (χ0v) is 10.5. The van der Waals surface area contributed by atoms with Crippen LogP contribution in [0.2, 0.25) is 0 Å². The second-order valence-corrected chi connectivity index (χ2v) is 4.79. The summed E-state index contributed by atoms with van der Waals surface area (Å²) in [6, 6.07) is 9.02. The van der Waals surface area contributed by atoms with E-state index >= 15 is 0 Å². The number of ether oxygens (including phenoxy) is 1. The van der Waals surface area contributed by atoms with E-state index in [-0.39, 0.29) is 0 Å². The summed E-state index contributed by atoms with van der Waals surface area (Å²) in [6.07, 6.45) is 0. The smallest absolute Gasteiger partial charge is 0.0594 e. The van der Waals surface area contributed by atoms with E-state index in [1.165, 1.54) is 5.56 Å². The largest absolute Gasteiger partial charge is 0.379 e. The second kappa shape index (κ2) is 5.10. The van der Waals surface area contributed by atoms with E-state index in [1.54, 1.807) is 0 Å². The van der Waals surface area contributed by atoms with Crippen LogP contribution in [0.3, 0.4) is 0 Å². The van der Waals surface area contributed by atoms with Crippen molar-refractivity contribution in [3.63, 3.8) is 0 Å². The molecule has 15 heavy (non-hydrogen) atoms. The lowest BCUT2D eigenvalue weighted by atomic mass is 10.1. The molecule has 0 aliphatic carbocycles. The maximum absolute atomic E-state index is 5.36. The van der Waals surface area contributed by atoms with Crippen molar-refractivity contribution < 1.29 is 4.74 Å². The first-order valence-electron chi connectivity index (χ1n) is 5.34. The highest BCUT2D eigenvalue weighted by Crippen LogP contribution is 2.23. The van der Waals surface area contributed by atoms with E-state index in [9.17, 15) is 0 Å². The molecule has 1 aromatic carbocycles. The van der Waals surface area contributed by atoms with Crippen LogP contribution in [0.25, 0.3) is 0 Å². The van der Waals surface area contributed by atoms with Gasteiger partial charge in [0.2, 0.25) is 0 Å². The Balaban J connectivity index is 2.08. The minimum absolute atomic E-state index is 0.478. The van der Waals surface area contributed by atoms with Crippen molar-refractivity contribution in [3.8, 4) is 0 Å². The van der Waals surface area contributed by atoms with Crippen molar-refractivity contribution >= 4 is 15.9 Å². The topological polar surface area (TPSA) is 12.5 Å². The molecule has 2 rings (SSSR count). The summed E-state index contributed by atoms with van der Waals surface area (Å²) >= 11 is 3.51. The van der Waals surface area contributed by atoms with Gasteiger partial charge in [-0.05, 0) is 24.6 Å². The number of nitrogens with zero attached hydrogens (tertiary/aromatic N) is 1. The third kappa shape index (κ3) is 2.80. The molecule has 1 aliphatic heterocycles. The minimum Gasteiger partial charge on any atom is -0.379 e. The molecule has 0 amide bonds. The van der Waals surface area contributed by atoms with Gasteiger partial charge >= 0.3 is 0 Å². The van der Waals surface area contributed by atoms with Crippen LogP contribution in [0.5, 0.6) is 0 Å². The third-order valence-corrected chi connectivity index (χ3v) is 3.42. The normalized spacial score (nSPS) is 20.1. The van der Waals surface area contributed by atoms with E-state index in [2.05, 4.69) is 52.0 Å². The summed E-state index contributed by atoms with van der Waals surface area (Å²) < 4.78 is 6.51. The van der Waals surface area contributed by atoms with E-state index in [0.29, 0.717) is 6.04 Å². The van der Waals surface area contributed by atoms with Crippen LogP contribution in [0.15, 0.2) is 28.7 Å². The number of rotatable bonds is 2. The molecule has 2 nitrogen and oxygen atoms in total. The fraction of sp³-hybridized carbons (Fsp3) is 0.500. The van der Waals surface area contributed by atoms with Crippen LogP contribution in [0, 0.1) is 0 Å². The molecule has 1 fully saturated rings. The Kier molecular flexibility index (Phi) is 3.78. The van der Waals surface area contributed by atoms with Gasteiger partial charge in [0, 0.05) is 23.6 Å². The van der Waals surface area contributed by atoms with Gasteiger partial charge in [-0.1, -0.05) is 28.1 Å².